The fourth-order valence-electron chi connectivity index (χ4n) is 1.43. The fourth-order valence-corrected chi connectivity index (χ4v) is 2.37. The molecule has 1 aromatic rings. The van der Waals surface area contributed by atoms with E-state index in [4.69, 9.17) is 28.3 Å². The zero-order chi connectivity index (χ0) is 15.3. The van der Waals surface area contributed by atoms with Gasteiger partial charge in [0, 0.05) is 0 Å². The Kier molecular flexibility index (Phi) is 6.58. The molecule has 110 valence electrons. The van der Waals surface area contributed by atoms with Gasteiger partial charge in [0.15, 0.2) is 0 Å². The molecule has 0 unspecified atom stereocenters. The van der Waals surface area contributed by atoms with Crippen LogP contribution in [0.15, 0.2) is 12.1 Å². The van der Waals surface area contributed by atoms with Crippen molar-refractivity contribution in [2.24, 2.45) is 0 Å². The lowest BCUT2D eigenvalue weighted by molar-refractivity contribution is -0.139. The number of carboxylic acid groups (broad SMARTS) is 1. The molecule has 0 spiro atoms. The van der Waals surface area contributed by atoms with E-state index >= 15 is 0 Å². The van der Waals surface area contributed by atoms with Gasteiger partial charge in [-0.05, 0) is 30.6 Å². The maximum absolute atomic E-state index is 13.3. The molecule has 1 rings (SSSR count). The van der Waals surface area contributed by atoms with Gasteiger partial charge in [-0.3, -0.25) is 4.79 Å². The molecule has 0 fully saturated rings. The van der Waals surface area contributed by atoms with E-state index in [1.165, 1.54) is 11.8 Å². The minimum absolute atomic E-state index is 0.0390. The average Bonchev–Trinajstić information content (AvgIpc) is 2.38. The first kappa shape index (κ1) is 17.1. The minimum atomic E-state index is -1.15. The van der Waals surface area contributed by atoms with Gasteiger partial charge in [-0.15, -0.1) is 0 Å². The first-order valence-electron chi connectivity index (χ1n) is 5.54. The second-order valence-electron chi connectivity index (χ2n) is 3.89. The molecule has 0 aliphatic carbocycles. The Hall–Kier alpha value is -0.980. The summed E-state index contributed by atoms with van der Waals surface area (Å²) in [7, 11) is 0. The Morgan fingerprint density at radius 3 is 2.60 bits per heavy atom. The monoisotopic (exact) mass is 339 g/mol. The molecule has 1 aromatic carbocycles. The van der Waals surface area contributed by atoms with Crippen molar-refractivity contribution < 1.29 is 19.1 Å². The molecule has 8 heteroatoms. The third-order valence-corrected chi connectivity index (χ3v) is 3.71. The smallest absolute Gasteiger partial charge is 0.326 e. The van der Waals surface area contributed by atoms with Crippen molar-refractivity contribution >= 4 is 46.8 Å². The van der Waals surface area contributed by atoms with Crippen LogP contribution in [0.25, 0.3) is 0 Å². The topological polar surface area (TPSA) is 66.4 Å². The number of nitrogens with one attached hydrogen (secondary N) is 1. The summed E-state index contributed by atoms with van der Waals surface area (Å²) in [4.78, 5) is 23.0. The van der Waals surface area contributed by atoms with Crippen molar-refractivity contribution in [2.75, 3.05) is 12.0 Å². The maximum Gasteiger partial charge on any atom is 0.326 e. The Morgan fingerprint density at radius 1 is 1.40 bits per heavy atom. The molecule has 1 amide bonds. The van der Waals surface area contributed by atoms with Crippen LogP contribution in [0.2, 0.25) is 10.0 Å². The third-order valence-electron chi connectivity index (χ3n) is 2.47. The molecule has 0 aliphatic rings. The predicted octanol–water partition coefficient (Wildman–Crippen LogP) is 3.07. The van der Waals surface area contributed by atoms with E-state index in [2.05, 4.69) is 5.32 Å². The minimum Gasteiger partial charge on any atom is -0.480 e. The quantitative estimate of drug-likeness (QED) is 0.781. The zero-order valence-corrected chi connectivity index (χ0v) is 12.8. The second kappa shape index (κ2) is 7.71. The van der Waals surface area contributed by atoms with Crippen molar-refractivity contribution in [3.63, 3.8) is 0 Å². The highest BCUT2D eigenvalue weighted by Crippen LogP contribution is 2.24. The Morgan fingerprint density at radius 2 is 2.05 bits per heavy atom. The standard InChI is InChI=1S/C12H12Cl2FNO3S/c1-20-3-2-10(12(18)19)16-11(17)6-4-9(15)8(14)5-7(6)13/h4-5,10H,2-3H2,1H3,(H,16,17)(H,18,19)/t10-/m0/s1. The number of aliphatic carboxylic acids is 1. The van der Waals surface area contributed by atoms with Crippen LogP contribution in [0.3, 0.4) is 0 Å². The van der Waals surface area contributed by atoms with Crippen LogP contribution in [-0.2, 0) is 4.79 Å². The predicted molar refractivity (Wildman–Crippen MR) is 78.3 cm³/mol. The Balaban J connectivity index is 2.89. The van der Waals surface area contributed by atoms with Crippen LogP contribution in [-0.4, -0.2) is 35.0 Å². The highest BCUT2D eigenvalue weighted by molar-refractivity contribution is 7.98. The summed E-state index contributed by atoms with van der Waals surface area (Å²) in [5.41, 5.74) is -0.149. The normalized spacial score (nSPS) is 12.0. The van der Waals surface area contributed by atoms with Crippen LogP contribution < -0.4 is 5.32 Å². The summed E-state index contributed by atoms with van der Waals surface area (Å²) >= 11 is 12.8. The molecule has 20 heavy (non-hydrogen) atoms. The summed E-state index contributed by atoms with van der Waals surface area (Å²) in [5.74, 6) is -2.13. The van der Waals surface area contributed by atoms with E-state index in [0.29, 0.717) is 5.75 Å². The first-order chi connectivity index (χ1) is 9.36. The van der Waals surface area contributed by atoms with Crippen LogP contribution in [0.5, 0.6) is 0 Å². The first-order valence-corrected chi connectivity index (χ1v) is 7.69. The molecule has 0 radical (unpaired) electrons. The van der Waals surface area contributed by atoms with Gasteiger partial charge in [0.25, 0.3) is 5.91 Å². The lowest BCUT2D eigenvalue weighted by Crippen LogP contribution is -2.41. The molecular weight excluding hydrogens is 328 g/mol. The number of carboxylic acids is 1. The number of rotatable bonds is 6. The van der Waals surface area contributed by atoms with Gasteiger partial charge >= 0.3 is 5.97 Å². The van der Waals surface area contributed by atoms with Gasteiger partial charge in [0.1, 0.15) is 11.9 Å². The molecule has 0 saturated heterocycles. The highest BCUT2D eigenvalue weighted by Gasteiger charge is 2.22. The van der Waals surface area contributed by atoms with Crippen molar-refractivity contribution in [1.29, 1.82) is 0 Å². The number of halogens is 3. The van der Waals surface area contributed by atoms with Crippen LogP contribution in [0, 0.1) is 5.82 Å². The average molecular weight is 340 g/mol. The van der Waals surface area contributed by atoms with E-state index in [1.807, 2.05) is 6.26 Å². The summed E-state index contributed by atoms with van der Waals surface area (Å²) in [6, 6.07) is 0.933. The molecule has 0 bridgehead atoms. The van der Waals surface area contributed by atoms with Crippen LogP contribution in [0.1, 0.15) is 16.8 Å². The molecule has 0 aromatic heterocycles. The summed E-state index contributed by atoms with van der Waals surface area (Å²) in [5, 5.41) is 11.1. The molecule has 0 heterocycles. The van der Waals surface area contributed by atoms with Crippen molar-refractivity contribution in [1.82, 2.24) is 5.32 Å². The lowest BCUT2D eigenvalue weighted by Gasteiger charge is -2.14. The van der Waals surface area contributed by atoms with Gasteiger partial charge in [0.2, 0.25) is 0 Å². The zero-order valence-electron chi connectivity index (χ0n) is 10.5. The summed E-state index contributed by atoms with van der Waals surface area (Å²) in [6.07, 6.45) is 2.09. The molecule has 0 aliphatic heterocycles. The van der Waals surface area contributed by atoms with E-state index < -0.39 is 23.7 Å². The largest absolute Gasteiger partial charge is 0.480 e. The number of thioether (sulfide) groups is 1. The van der Waals surface area contributed by atoms with Gasteiger partial charge in [0.05, 0.1) is 15.6 Å². The Labute approximate surface area is 129 Å². The van der Waals surface area contributed by atoms with E-state index in [-0.39, 0.29) is 22.0 Å². The van der Waals surface area contributed by atoms with E-state index in [0.717, 1.165) is 12.1 Å². The third kappa shape index (κ3) is 4.54. The second-order valence-corrected chi connectivity index (χ2v) is 5.69. The molecule has 1 atom stereocenters. The van der Waals surface area contributed by atoms with Gasteiger partial charge in [-0.25, -0.2) is 9.18 Å². The number of carbonyl (C=O) groups excluding carboxylic acids is 1. The number of hydrogen-bond acceptors (Lipinski definition) is 3. The van der Waals surface area contributed by atoms with Gasteiger partial charge in [-0.1, -0.05) is 23.2 Å². The maximum atomic E-state index is 13.3. The van der Waals surface area contributed by atoms with E-state index in [1.54, 1.807) is 0 Å². The number of benzene rings is 1. The van der Waals surface area contributed by atoms with Gasteiger partial charge in [-0.2, -0.15) is 11.8 Å². The Bertz CT molecular complexity index is 528. The molecule has 2 N–H and O–H groups in total. The van der Waals surface area contributed by atoms with Crippen LogP contribution >= 0.6 is 35.0 Å². The molecular formula is C12H12Cl2FNO3S. The number of amides is 1. The summed E-state index contributed by atoms with van der Waals surface area (Å²) < 4.78 is 13.3. The molecule has 0 saturated carbocycles. The van der Waals surface area contributed by atoms with Crippen molar-refractivity contribution in [2.45, 2.75) is 12.5 Å². The van der Waals surface area contributed by atoms with E-state index in [9.17, 15) is 14.0 Å². The molecule has 4 nitrogen and oxygen atoms in total. The van der Waals surface area contributed by atoms with Crippen LogP contribution in [0.4, 0.5) is 4.39 Å². The lowest BCUT2D eigenvalue weighted by atomic mass is 10.1. The van der Waals surface area contributed by atoms with Gasteiger partial charge < -0.3 is 10.4 Å². The van der Waals surface area contributed by atoms with Crippen molar-refractivity contribution in [3.05, 3.63) is 33.6 Å². The van der Waals surface area contributed by atoms with Crippen molar-refractivity contribution in [3.8, 4) is 0 Å². The number of hydrogen-bond donors (Lipinski definition) is 2. The number of carbonyl (C=O) groups is 2. The SMILES string of the molecule is CSCC[C@H](NC(=O)c1cc(F)c(Cl)cc1Cl)C(=O)O. The fraction of sp³-hybridized carbons (Fsp3) is 0.333. The highest BCUT2D eigenvalue weighted by atomic mass is 35.5. The summed E-state index contributed by atoms with van der Waals surface area (Å²) in [6.45, 7) is 0.